The van der Waals surface area contributed by atoms with Crippen molar-refractivity contribution in [2.75, 3.05) is 6.54 Å². The van der Waals surface area contributed by atoms with Crippen LogP contribution >= 0.6 is 15.9 Å². The maximum absolute atomic E-state index is 11.8. The molecule has 0 heterocycles. The first-order valence-corrected chi connectivity index (χ1v) is 6.64. The van der Waals surface area contributed by atoms with Gasteiger partial charge in [-0.1, -0.05) is 22.9 Å². The van der Waals surface area contributed by atoms with Crippen LogP contribution in [0.3, 0.4) is 0 Å². The minimum absolute atomic E-state index is 0.0509. The highest BCUT2D eigenvalue weighted by molar-refractivity contribution is 9.10. The molecule has 3 N–H and O–H groups in total. The number of halogens is 1. The SMILES string of the molecule is CC(O)CC(C)CNC(=O)c1ccc(Br)cc1O. The van der Waals surface area contributed by atoms with Gasteiger partial charge in [0.25, 0.3) is 5.91 Å². The Balaban J connectivity index is 2.55. The van der Waals surface area contributed by atoms with Gasteiger partial charge in [0.2, 0.25) is 0 Å². The highest BCUT2D eigenvalue weighted by atomic mass is 79.9. The van der Waals surface area contributed by atoms with Crippen molar-refractivity contribution in [2.24, 2.45) is 5.92 Å². The van der Waals surface area contributed by atoms with Gasteiger partial charge < -0.3 is 15.5 Å². The quantitative estimate of drug-likeness (QED) is 0.781. The molecule has 100 valence electrons. The molecule has 1 rings (SSSR count). The van der Waals surface area contributed by atoms with E-state index in [1.807, 2.05) is 6.92 Å². The molecular formula is C13H18BrNO3. The van der Waals surface area contributed by atoms with Gasteiger partial charge in [0.15, 0.2) is 0 Å². The molecule has 1 aromatic rings. The summed E-state index contributed by atoms with van der Waals surface area (Å²) in [6.07, 6.45) is 0.255. The summed E-state index contributed by atoms with van der Waals surface area (Å²) in [4.78, 5) is 11.8. The number of carbonyl (C=O) groups excluding carboxylic acids is 1. The van der Waals surface area contributed by atoms with E-state index in [2.05, 4.69) is 21.2 Å². The first kappa shape index (κ1) is 15.0. The minimum atomic E-state index is -0.377. The summed E-state index contributed by atoms with van der Waals surface area (Å²) in [5.41, 5.74) is 0.252. The Kier molecular flexibility index (Phi) is 5.62. The van der Waals surface area contributed by atoms with Crippen LogP contribution in [0.15, 0.2) is 22.7 Å². The molecule has 4 nitrogen and oxygen atoms in total. The summed E-state index contributed by atoms with van der Waals surface area (Å²) in [6.45, 7) is 4.15. The van der Waals surface area contributed by atoms with Crippen molar-refractivity contribution < 1.29 is 15.0 Å². The summed E-state index contributed by atoms with van der Waals surface area (Å²) in [7, 11) is 0. The highest BCUT2D eigenvalue weighted by Crippen LogP contribution is 2.22. The van der Waals surface area contributed by atoms with E-state index in [0.717, 1.165) is 4.47 Å². The number of benzene rings is 1. The molecule has 0 aliphatic rings. The van der Waals surface area contributed by atoms with Crippen molar-refractivity contribution in [1.29, 1.82) is 0 Å². The Bertz CT molecular complexity index is 421. The first-order chi connectivity index (χ1) is 8.40. The molecule has 1 aromatic carbocycles. The maximum Gasteiger partial charge on any atom is 0.255 e. The van der Waals surface area contributed by atoms with Crippen molar-refractivity contribution in [3.63, 3.8) is 0 Å². The number of aliphatic hydroxyl groups excluding tert-OH is 1. The van der Waals surface area contributed by atoms with Crippen molar-refractivity contribution >= 4 is 21.8 Å². The van der Waals surface area contributed by atoms with Crippen LogP contribution < -0.4 is 5.32 Å². The van der Waals surface area contributed by atoms with E-state index in [9.17, 15) is 15.0 Å². The van der Waals surface area contributed by atoms with E-state index >= 15 is 0 Å². The number of aromatic hydroxyl groups is 1. The van der Waals surface area contributed by atoms with E-state index in [1.165, 1.54) is 6.07 Å². The van der Waals surface area contributed by atoms with E-state index in [1.54, 1.807) is 19.1 Å². The zero-order chi connectivity index (χ0) is 13.7. The van der Waals surface area contributed by atoms with Crippen LogP contribution in [0.4, 0.5) is 0 Å². The molecule has 1 amide bonds. The number of hydrogen-bond acceptors (Lipinski definition) is 3. The summed E-state index contributed by atoms with van der Waals surface area (Å²) in [6, 6.07) is 4.75. The number of aliphatic hydroxyl groups is 1. The summed E-state index contributed by atoms with van der Waals surface area (Å²) in [5.74, 6) is -0.172. The number of hydrogen-bond donors (Lipinski definition) is 3. The lowest BCUT2D eigenvalue weighted by atomic mass is 10.0. The molecule has 0 fully saturated rings. The smallest absolute Gasteiger partial charge is 0.255 e. The molecule has 0 bridgehead atoms. The fourth-order valence-electron chi connectivity index (χ4n) is 1.72. The second-order valence-electron chi connectivity index (χ2n) is 4.56. The number of carbonyl (C=O) groups is 1. The van der Waals surface area contributed by atoms with Crippen LogP contribution in [0.2, 0.25) is 0 Å². The molecule has 0 aliphatic carbocycles. The van der Waals surface area contributed by atoms with E-state index in [4.69, 9.17) is 0 Å². The largest absolute Gasteiger partial charge is 0.507 e. The van der Waals surface area contributed by atoms with Crippen LogP contribution in [0.25, 0.3) is 0 Å². The average molecular weight is 316 g/mol. The van der Waals surface area contributed by atoms with Gasteiger partial charge in [-0.15, -0.1) is 0 Å². The van der Waals surface area contributed by atoms with E-state index in [0.29, 0.717) is 13.0 Å². The van der Waals surface area contributed by atoms with E-state index < -0.39 is 0 Å². The third-order valence-electron chi connectivity index (χ3n) is 2.56. The van der Waals surface area contributed by atoms with Crippen LogP contribution in [0, 0.1) is 5.92 Å². The second-order valence-corrected chi connectivity index (χ2v) is 5.48. The Hall–Kier alpha value is -1.07. The Morgan fingerprint density at radius 2 is 2.11 bits per heavy atom. The van der Waals surface area contributed by atoms with Crippen LogP contribution in [0.5, 0.6) is 5.75 Å². The van der Waals surface area contributed by atoms with Crippen molar-refractivity contribution in [3.8, 4) is 5.75 Å². The number of amides is 1. The Labute approximate surface area is 115 Å². The normalized spacial score (nSPS) is 14.0. The third kappa shape index (κ3) is 4.66. The topological polar surface area (TPSA) is 69.6 Å². The molecule has 0 aromatic heterocycles. The standard InChI is InChI=1S/C13H18BrNO3/c1-8(5-9(2)16)7-15-13(18)11-4-3-10(14)6-12(11)17/h3-4,6,8-9,16-17H,5,7H2,1-2H3,(H,15,18). The lowest BCUT2D eigenvalue weighted by molar-refractivity contribution is 0.0936. The molecule has 0 saturated heterocycles. The number of rotatable bonds is 5. The first-order valence-electron chi connectivity index (χ1n) is 5.85. The molecule has 5 heteroatoms. The number of nitrogens with one attached hydrogen (secondary N) is 1. The highest BCUT2D eigenvalue weighted by Gasteiger charge is 2.13. The molecule has 0 saturated carbocycles. The molecule has 2 unspecified atom stereocenters. The van der Waals surface area contributed by atoms with Crippen molar-refractivity contribution in [3.05, 3.63) is 28.2 Å². The summed E-state index contributed by atoms with van der Waals surface area (Å²) < 4.78 is 0.721. The molecular weight excluding hydrogens is 298 g/mol. The summed E-state index contributed by atoms with van der Waals surface area (Å²) >= 11 is 3.22. The lowest BCUT2D eigenvalue weighted by Gasteiger charge is -2.14. The fraction of sp³-hybridized carbons (Fsp3) is 0.462. The minimum Gasteiger partial charge on any atom is -0.507 e. The van der Waals surface area contributed by atoms with Gasteiger partial charge in [-0.2, -0.15) is 0 Å². The van der Waals surface area contributed by atoms with Gasteiger partial charge in [-0.3, -0.25) is 4.79 Å². The van der Waals surface area contributed by atoms with Crippen molar-refractivity contribution in [1.82, 2.24) is 5.32 Å². The van der Waals surface area contributed by atoms with Gasteiger partial charge in [0.1, 0.15) is 5.75 Å². The predicted octanol–water partition coefficient (Wildman–Crippen LogP) is 2.29. The third-order valence-corrected chi connectivity index (χ3v) is 3.05. The monoisotopic (exact) mass is 315 g/mol. The van der Waals surface area contributed by atoms with E-state index in [-0.39, 0.29) is 29.2 Å². The number of phenolic OH excluding ortho intramolecular Hbond substituents is 1. The molecule has 0 radical (unpaired) electrons. The van der Waals surface area contributed by atoms with Crippen molar-refractivity contribution in [2.45, 2.75) is 26.4 Å². The Morgan fingerprint density at radius 3 is 2.67 bits per heavy atom. The second kappa shape index (κ2) is 6.75. The van der Waals surface area contributed by atoms with Crippen LogP contribution in [-0.4, -0.2) is 28.8 Å². The van der Waals surface area contributed by atoms with Gasteiger partial charge >= 0.3 is 0 Å². The molecule has 18 heavy (non-hydrogen) atoms. The van der Waals surface area contributed by atoms with Gasteiger partial charge in [0.05, 0.1) is 11.7 Å². The molecule has 0 aliphatic heterocycles. The molecule has 0 spiro atoms. The van der Waals surface area contributed by atoms with Crippen LogP contribution in [-0.2, 0) is 0 Å². The zero-order valence-corrected chi connectivity index (χ0v) is 12.1. The predicted molar refractivity (Wildman–Crippen MR) is 73.6 cm³/mol. The maximum atomic E-state index is 11.8. The fourth-order valence-corrected chi connectivity index (χ4v) is 2.07. The summed E-state index contributed by atoms with van der Waals surface area (Å²) in [5, 5.41) is 21.6. The Morgan fingerprint density at radius 1 is 1.44 bits per heavy atom. The van der Waals surface area contributed by atoms with Crippen LogP contribution in [0.1, 0.15) is 30.6 Å². The zero-order valence-electron chi connectivity index (χ0n) is 10.5. The average Bonchev–Trinajstić information content (AvgIpc) is 2.25. The van der Waals surface area contributed by atoms with Gasteiger partial charge in [-0.25, -0.2) is 0 Å². The number of phenols is 1. The molecule has 2 atom stereocenters. The van der Waals surface area contributed by atoms with Gasteiger partial charge in [-0.05, 0) is 37.5 Å². The van der Waals surface area contributed by atoms with Gasteiger partial charge in [0, 0.05) is 11.0 Å². The lowest BCUT2D eigenvalue weighted by Crippen LogP contribution is -2.29.